The lowest BCUT2D eigenvalue weighted by Crippen LogP contribution is -2.01. The normalized spacial score (nSPS) is 10.2. The van der Waals surface area contributed by atoms with E-state index in [9.17, 15) is 0 Å². The van der Waals surface area contributed by atoms with E-state index in [0.717, 1.165) is 23.5 Å². The Hall–Kier alpha value is -1.90. The number of nitrogens with zero attached hydrogens (tertiary/aromatic N) is 2. The first-order valence-electron chi connectivity index (χ1n) is 5.79. The SMILES string of the molecule is CCc1nc(C)cc(OCc2ccccc2)n1. The Labute approximate surface area is 102 Å². The van der Waals surface area contributed by atoms with Gasteiger partial charge in [0.1, 0.15) is 12.4 Å². The molecule has 0 saturated heterocycles. The van der Waals surface area contributed by atoms with Crippen LogP contribution in [0.15, 0.2) is 36.4 Å². The van der Waals surface area contributed by atoms with E-state index in [4.69, 9.17) is 4.74 Å². The molecule has 0 fully saturated rings. The van der Waals surface area contributed by atoms with E-state index in [2.05, 4.69) is 9.97 Å². The fourth-order valence-electron chi connectivity index (χ4n) is 1.56. The molecule has 1 aromatic carbocycles. The third-order valence-electron chi connectivity index (χ3n) is 2.42. The van der Waals surface area contributed by atoms with Crippen LogP contribution in [0.5, 0.6) is 5.88 Å². The summed E-state index contributed by atoms with van der Waals surface area (Å²) in [5.74, 6) is 1.48. The quantitative estimate of drug-likeness (QED) is 0.807. The van der Waals surface area contributed by atoms with Crippen LogP contribution in [0.25, 0.3) is 0 Å². The van der Waals surface area contributed by atoms with E-state index in [1.165, 1.54) is 0 Å². The maximum atomic E-state index is 5.66. The molecule has 3 heteroatoms. The standard InChI is InChI=1S/C14H16N2O/c1-3-13-15-11(2)9-14(16-13)17-10-12-7-5-4-6-8-12/h4-9H,3,10H2,1-2H3. The van der Waals surface area contributed by atoms with E-state index >= 15 is 0 Å². The summed E-state index contributed by atoms with van der Waals surface area (Å²) in [6.45, 7) is 4.53. The van der Waals surface area contributed by atoms with Gasteiger partial charge in [0.05, 0.1) is 0 Å². The molecule has 0 saturated carbocycles. The minimum absolute atomic E-state index is 0.542. The molecule has 0 aliphatic heterocycles. The van der Waals surface area contributed by atoms with Crippen molar-refractivity contribution in [2.24, 2.45) is 0 Å². The first kappa shape index (κ1) is 11.6. The van der Waals surface area contributed by atoms with Crippen molar-refractivity contribution in [1.82, 2.24) is 9.97 Å². The Morgan fingerprint density at radius 1 is 1.12 bits per heavy atom. The van der Waals surface area contributed by atoms with Gasteiger partial charge in [0.15, 0.2) is 0 Å². The molecule has 3 nitrogen and oxygen atoms in total. The molecule has 0 amide bonds. The Morgan fingerprint density at radius 2 is 1.88 bits per heavy atom. The zero-order chi connectivity index (χ0) is 12.1. The van der Waals surface area contributed by atoms with E-state index in [1.807, 2.05) is 50.2 Å². The molecule has 1 heterocycles. The highest BCUT2D eigenvalue weighted by Crippen LogP contribution is 2.11. The van der Waals surface area contributed by atoms with Crippen LogP contribution in [-0.4, -0.2) is 9.97 Å². The lowest BCUT2D eigenvalue weighted by atomic mass is 10.2. The first-order chi connectivity index (χ1) is 8.28. The van der Waals surface area contributed by atoms with Crippen molar-refractivity contribution in [2.75, 3.05) is 0 Å². The largest absolute Gasteiger partial charge is 0.473 e. The van der Waals surface area contributed by atoms with Crippen LogP contribution in [-0.2, 0) is 13.0 Å². The number of ether oxygens (including phenoxy) is 1. The Kier molecular flexibility index (Phi) is 3.70. The van der Waals surface area contributed by atoms with Gasteiger partial charge in [-0.3, -0.25) is 0 Å². The molecule has 2 aromatic rings. The van der Waals surface area contributed by atoms with Gasteiger partial charge in [0.25, 0.3) is 0 Å². The number of hydrogen-bond acceptors (Lipinski definition) is 3. The first-order valence-corrected chi connectivity index (χ1v) is 5.79. The lowest BCUT2D eigenvalue weighted by molar-refractivity contribution is 0.292. The van der Waals surface area contributed by atoms with Gasteiger partial charge in [-0.2, -0.15) is 4.98 Å². The highest BCUT2D eigenvalue weighted by molar-refractivity contribution is 5.18. The highest BCUT2D eigenvalue weighted by Gasteiger charge is 2.01. The molecular formula is C14H16N2O. The van der Waals surface area contributed by atoms with Crippen molar-refractivity contribution in [3.05, 3.63) is 53.5 Å². The minimum atomic E-state index is 0.542. The van der Waals surface area contributed by atoms with Crippen LogP contribution in [0.3, 0.4) is 0 Å². The van der Waals surface area contributed by atoms with E-state index < -0.39 is 0 Å². The molecule has 0 bridgehead atoms. The molecule has 0 unspecified atom stereocenters. The smallest absolute Gasteiger partial charge is 0.217 e. The van der Waals surface area contributed by atoms with Crippen LogP contribution >= 0.6 is 0 Å². The summed E-state index contributed by atoms with van der Waals surface area (Å²) in [6.07, 6.45) is 0.823. The summed E-state index contributed by atoms with van der Waals surface area (Å²) < 4.78 is 5.66. The maximum absolute atomic E-state index is 5.66. The Bertz CT molecular complexity index is 483. The molecule has 17 heavy (non-hydrogen) atoms. The van der Waals surface area contributed by atoms with Gasteiger partial charge in [-0.15, -0.1) is 0 Å². The second kappa shape index (κ2) is 5.43. The molecule has 0 spiro atoms. The summed E-state index contributed by atoms with van der Waals surface area (Å²) >= 11 is 0. The van der Waals surface area contributed by atoms with Gasteiger partial charge >= 0.3 is 0 Å². The summed E-state index contributed by atoms with van der Waals surface area (Å²) in [5, 5.41) is 0. The fraction of sp³-hybridized carbons (Fsp3) is 0.286. The average molecular weight is 228 g/mol. The van der Waals surface area contributed by atoms with Crippen LogP contribution < -0.4 is 4.74 Å². The number of aromatic nitrogens is 2. The zero-order valence-corrected chi connectivity index (χ0v) is 10.2. The molecule has 2 rings (SSSR count). The number of rotatable bonds is 4. The second-order valence-electron chi connectivity index (χ2n) is 3.89. The van der Waals surface area contributed by atoms with Crippen molar-refractivity contribution in [2.45, 2.75) is 26.9 Å². The van der Waals surface area contributed by atoms with Crippen LogP contribution in [0.1, 0.15) is 24.0 Å². The molecular weight excluding hydrogens is 212 g/mol. The predicted molar refractivity (Wildman–Crippen MR) is 66.9 cm³/mol. The predicted octanol–water partition coefficient (Wildman–Crippen LogP) is 2.93. The van der Waals surface area contributed by atoms with Crippen molar-refractivity contribution < 1.29 is 4.74 Å². The minimum Gasteiger partial charge on any atom is -0.473 e. The van der Waals surface area contributed by atoms with Gasteiger partial charge in [-0.25, -0.2) is 4.98 Å². The summed E-state index contributed by atoms with van der Waals surface area (Å²) in [6, 6.07) is 11.9. The van der Waals surface area contributed by atoms with Gasteiger partial charge in [0.2, 0.25) is 5.88 Å². The average Bonchev–Trinajstić information content (AvgIpc) is 2.37. The lowest BCUT2D eigenvalue weighted by Gasteiger charge is -2.07. The summed E-state index contributed by atoms with van der Waals surface area (Å²) in [4.78, 5) is 8.65. The maximum Gasteiger partial charge on any atom is 0.217 e. The Morgan fingerprint density at radius 3 is 2.59 bits per heavy atom. The monoisotopic (exact) mass is 228 g/mol. The third-order valence-corrected chi connectivity index (χ3v) is 2.42. The van der Waals surface area contributed by atoms with Crippen LogP contribution in [0.4, 0.5) is 0 Å². The highest BCUT2D eigenvalue weighted by atomic mass is 16.5. The van der Waals surface area contributed by atoms with E-state index in [1.54, 1.807) is 0 Å². The zero-order valence-electron chi connectivity index (χ0n) is 10.2. The fourth-order valence-corrected chi connectivity index (χ4v) is 1.56. The molecule has 0 N–H and O–H groups in total. The van der Waals surface area contributed by atoms with E-state index in [-0.39, 0.29) is 0 Å². The summed E-state index contributed by atoms with van der Waals surface area (Å²) in [5.41, 5.74) is 2.08. The van der Waals surface area contributed by atoms with Crippen molar-refractivity contribution in [3.63, 3.8) is 0 Å². The molecule has 0 atom stereocenters. The van der Waals surface area contributed by atoms with Gasteiger partial charge in [0, 0.05) is 18.2 Å². The molecule has 88 valence electrons. The van der Waals surface area contributed by atoms with Crippen molar-refractivity contribution in [1.29, 1.82) is 0 Å². The number of hydrogen-bond donors (Lipinski definition) is 0. The van der Waals surface area contributed by atoms with Gasteiger partial charge < -0.3 is 4.74 Å². The molecule has 0 aliphatic carbocycles. The molecule has 1 aromatic heterocycles. The van der Waals surface area contributed by atoms with Crippen LogP contribution in [0.2, 0.25) is 0 Å². The Balaban J connectivity index is 2.06. The van der Waals surface area contributed by atoms with E-state index in [0.29, 0.717) is 12.5 Å². The molecule has 0 radical (unpaired) electrons. The van der Waals surface area contributed by atoms with Crippen molar-refractivity contribution >= 4 is 0 Å². The number of benzene rings is 1. The van der Waals surface area contributed by atoms with Gasteiger partial charge in [-0.05, 0) is 12.5 Å². The third kappa shape index (κ3) is 3.28. The van der Waals surface area contributed by atoms with Crippen LogP contribution in [0, 0.1) is 6.92 Å². The van der Waals surface area contributed by atoms with Crippen molar-refractivity contribution in [3.8, 4) is 5.88 Å². The molecule has 0 aliphatic rings. The van der Waals surface area contributed by atoms with Gasteiger partial charge in [-0.1, -0.05) is 37.3 Å². The summed E-state index contributed by atoms with van der Waals surface area (Å²) in [7, 11) is 0. The topological polar surface area (TPSA) is 35.0 Å². The number of aryl methyl sites for hydroxylation is 2. The second-order valence-corrected chi connectivity index (χ2v) is 3.89.